The van der Waals surface area contributed by atoms with E-state index in [0.29, 0.717) is 34.8 Å². The molecule has 0 saturated carbocycles. The topological polar surface area (TPSA) is 200 Å². The zero-order chi connectivity index (χ0) is 29.5. The quantitative estimate of drug-likeness (QED) is 0.115. The molecule has 2 heterocycles. The fraction of sp³-hybridized carbons (Fsp3) is 0.320. The number of hydrogen-bond donors (Lipinski definition) is 6. The molecule has 0 fully saturated rings. The molecule has 6 N–H and O–H groups in total. The summed E-state index contributed by atoms with van der Waals surface area (Å²) < 4.78 is 55.7. The molecule has 14 nitrogen and oxygen atoms in total. The van der Waals surface area contributed by atoms with Crippen molar-refractivity contribution in [3.05, 3.63) is 54.7 Å². The van der Waals surface area contributed by atoms with E-state index >= 15 is 0 Å². The number of aromatic nitrogens is 4. The molecular formula is C25H32N8O6S2. The first-order valence-electron chi connectivity index (χ1n) is 12.9. The Morgan fingerprint density at radius 3 is 1.83 bits per heavy atom. The Labute approximate surface area is 238 Å². The normalized spacial score (nSPS) is 12.1. The van der Waals surface area contributed by atoms with Gasteiger partial charge in [-0.3, -0.25) is 0 Å². The predicted octanol–water partition coefficient (Wildman–Crippen LogP) is 1.65. The Balaban J connectivity index is 1.63. The van der Waals surface area contributed by atoms with E-state index in [1.165, 1.54) is 24.3 Å². The average molecular weight is 605 g/mol. The molecule has 41 heavy (non-hydrogen) atoms. The molecule has 0 aliphatic heterocycles. The van der Waals surface area contributed by atoms with E-state index in [-0.39, 0.29) is 42.0 Å². The molecule has 0 radical (unpaired) electrons. The van der Waals surface area contributed by atoms with Crippen LogP contribution in [0.25, 0.3) is 11.0 Å². The van der Waals surface area contributed by atoms with Gasteiger partial charge in [-0.05, 0) is 55.0 Å². The molecule has 0 bridgehead atoms. The lowest BCUT2D eigenvalue weighted by atomic mass is 10.3. The van der Waals surface area contributed by atoms with Crippen molar-refractivity contribution in [2.45, 2.75) is 36.1 Å². The van der Waals surface area contributed by atoms with Crippen molar-refractivity contribution < 1.29 is 27.0 Å². The lowest BCUT2D eigenvalue weighted by molar-refractivity contribution is 0.300. The summed E-state index contributed by atoms with van der Waals surface area (Å²) in [5, 5.41) is 29.2. The van der Waals surface area contributed by atoms with E-state index in [1.54, 1.807) is 35.1 Å². The highest BCUT2D eigenvalue weighted by Crippen LogP contribution is 2.27. The summed E-state index contributed by atoms with van der Waals surface area (Å²) in [4.78, 5) is 9.35. The molecule has 4 rings (SSSR count). The van der Waals surface area contributed by atoms with Gasteiger partial charge in [-0.15, -0.1) is 0 Å². The van der Waals surface area contributed by atoms with Gasteiger partial charge in [0.05, 0.1) is 34.6 Å². The maximum atomic E-state index is 12.3. The minimum Gasteiger partial charge on any atom is -0.395 e. The number of aryl methyl sites for hydroxylation is 1. The zero-order valence-electron chi connectivity index (χ0n) is 22.3. The van der Waals surface area contributed by atoms with Crippen LogP contribution in [0, 0.1) is 0 Å². The van der Waals surface area contributed by atoms with E-state index in [0.717, 1.165) is 12.8 Å². The minimum absolute atomic E-state index is 0.0462. The van der Waals surface area contributed by atoms with Gasteiger partial charge < -0.3 is 20.8 Å². The van der Waals surface area contributed by atoms with Crippen LogP contribution in [0.1, 0.15) is 19.8 Å². The molecule has 2 aromatic carbocycles. The zero-order valence-corrected chi connectivity index (χ0v) is 23.9. The number of aliphatic hydroxyl groups is 2. The van der Waals surface area contributed by atoms with E-state index in [4.69, 9.17) is 10.2 Å². The predicted molar refractivity (Wildman–Crippen MR) is 154 cm³/mol. The molecular weight excluding hydrogens is 572 g/mol. The first-order valence-corrected chi connectivity index (χ1v) is 15.8. The first kappa shape index (κ1) is 30.3. The Morgan fingerprint density at radius 1 is 0.780 bits per heavy atom. The monoisotopic (exact) mass is 604 g/mol. The molecule has 220 valence electrons. The average Bonchev–Trinajstić information content (AvgIpc) is 3.37. The Kier molecular flexibility index (Phi) is 9.85. The second kappa shape index (κ2) is 13.3. The number of nitrogens with one attached hydrogen (secondary N) is 4. The lowest BCUT2D eigenvalue weighted by Crippen LogP contribution is -2.26. The van der Waals surface area contributed by atoms with Crippen molar-refractivity contribution in [1.82, 2.24) is 29.2 Å². The molecule has 0 saturated heterocycles. The Hall–Kier alpha value is -3.67. The van der Waals surface area contributed by atoms with Crippen LogP contribution >= 0.6 is 0 Å². The molecule has 0 aliphatic carbocycles. The number of sulfonamides is 2. The van der Waals surface area contributed by atoms with Gasteiger partial charge in [-0.25, -0.2) is 31.0 Å². The molecule has 16 heteroatoms. The smallest absolute Gasteiger partial charge is 0.240 e. The van der Waals surface area contributed by atoms with Crippen LogP contribution in [0.4, 0.5) is 23.1 Å². The summed E-state index contributed by atoms with van der Waals surface area (Å²) in [6.45, 7) is 1.93. The van der Waals surface area contributed by atoms with Crippen molar-refractivity contribution in [2.75, 3.05) is 36.9 Å². The molecule has 0 spiro atoms. The van der Waals surface area contributed by atoms with Gasteiger partial charge >= 0.3 is 0 Å². The van der Waals surface area contributed by atoms with Gasteiger partial charge in [-0.1, -0.05) is 13.3 Å². The lowest BCUT2D eigenvalue weighted by Gasteiger charge is -2.12. The summed E-state index contributed by atoms with van der Waals surface area (Å²) in [7, 11) is -7.50. The third-order valence-corrected chi connectivity index (χ3v) is 8.83. The van der Waals surface area contributed by atoms with Crippen LogP contribution in [0.3, 0.4) is 0 Å². The van der Waals surface area contributed by atoms with Gasteiger partial charge in [-0.2, -0.15) is 15.1 Å². The molecule has 0 unspecified atom stereocenters. The summed E-state index contributed by atoms with van der Waals surface area (Å²) >= 11 is 0. The van der Waals surface area contributed by atoms with Crippen molar-refractivity contribution in [3.63, 3.8) is 0 Å². The van der Waals surface area contributed by atoms with E-state index in [1.807, 2.05) is 0 Å². The number of hydrogen-bond acceptors (Lipinski definition) is 11. The maximum absolute atomic E-state index is 12.3. The van der Waals surface area contributed by atoms with Crippen LogP contribution < -0.4 is 20.1 Å². The third-order valence-electron chi connectivity index (χ3n) is 5.88. The Bertz CT molecular complexity index is 1680. The number of unbranched alkanes of at least 4 members (excludes halogenated alkanes) is 1. The fourth-order valence-electron chi connectivity index (χ4n) is 3.81. The summed E-state index contributed by atoms with van der Waals surface area (Å²) in [6, 6.07) is 12.1. The summed E-state index contributed by atoms with van der Waals surface area (Å²) in [5.41, 5.74) is 1.70. The van der Waals surface area contributed by atoms with Crippen molar-refractivity contribution >= 4 is 54.2 Å². The van der Waals surface area contributed by atoms with Crippen molar-refractivity contribution in [3.8, 4) is 0 Å². The number of nitrogens with zero attached hydrogens (tertiary/aromatic N) is 4. The molecule has 4 aromatic rings. The van der Waals surface area contributed by atoms with Crippen molar-refractivity contribution in [1.29, 1.82) is 0 Å². The van der Waals surface area contributed by atoms with E-state index in [2.05, 4.69) is 42.1 Å². The first-order chi connectivity index (χ1) is 19.7. The Morgan fingerprint density at radius 2 is 1.32 bits per heavy atom. The second-order valence-corrected chi connectivity index (χ2v) is 12.4. The molecule has 0 amide bonds. The summed E-state index contributed by atoms with van der Waals surface area (Å²) in [6.07, 6.45) is 3.52. The SMILES string of the molecule is CCCCn1ncc2c(Nc3ccc(S(=O)(=O)NCCO)cc3)nc(Nc3ccc(S(=O)(=O)NCCO)cc3)nc21. The van der Waals surface area contributed by atoms with Crippen LogP contribution in [0.5, 0.6) is 0 Å². The molecule has 0 atom stereocenters. The highest BCUT2D eigenvalue weighted by atomic mass is 32.2. The number of benzene rings is 2. The second-order valence-electron chi connectivity index (χ2n) is 8.90. The number of aliphatic hydroxyl groups excluding tert-OH is 2. The molecule has 0 aliphatic rings. The van der Waals surface area contributed by atoms with Gasteiger partial charge in [0.1, 0.15) is 5.82 Å². The maximum Gasteiger partial charge on any atom is 0.240 e. The van der Waals surface area contributed by atoms with Crippen LogP contribution in [-0.4, -0.2) is 73.1 Å². The van der Waals surface area contributed by atoms with Crippen molar-refractivity contribution in [2.24, 2.45) is 0 Å². The fourth-order valence-corrected chi connectivity index (χ4v) is 5.85. The standard InChI is InChI=1S/C25H32N8O6S2/c1-2-3-14-33-24-22(17-26-33)23(29-18-4-8-20(9-5-18)40(36,37)27-12-15-34)31-25(32-24)30-19-6-10-21(11-7-19)41(38,39)28-13-16-35/h4-11,17,27-28,34-35H,2-3,12-16H2,1H3,(H2,29,30,31,32). The molecule has 2 aromatic heterocycles. The highest BCUT2D eigenvalue weighted by molar-refractivity contribution is 7.89. The van der Waals surface area contributed by atoms with Gasteiger partial charge in [0.2, 0.25) is 26.0 Å². The van der Waals surface area contributed by atoms with Crippen LogP contribution in [0.2, 0.25) is 0 Å². The van der Waals surface area contributed by atoms with E-state index in [9.17, 15) is 16.8 Å². The third kappa shape index (κ3) is 7.55. The minimum atomic E-state index is -3.75. The summed E-state index contributed by atoms with van der Waals surface area (Å²) in [5.74, 6) is 0.668. The van der Waals surface area contributed by atoms with Crippen LogP contribution in [-0.2, 0) is 26.6 Å². The van der Waals surface area contributed by atoms with Crippen LogP contribution in [0.15, 0.2) is 64.5 Å². The highest BCUT2D eigenvalue weighted by Gasteiger charge is 2.17. The number of fused-ring (bicyclic) bond motifs is 1. The number of rotatable bonds is 15. The van der Waals surface area contributed by atoms with Gasteiger partial charge in [0, 0.05) is 31.0 Å². The van der Waals surface area contributed by atoms with Gasteiger partial charge in [0.15, 0.2) is 5.65 Å². The largest absolute Gasteiger partial charge is 0.395 e. The van der Waals surface area contributed by atoms with Gasteiger partial charge in [0.25, 0.3) is 0 Å². The number of anilines is 4. The van der Waals surface area contributed by atoms with E-state index < -0.39 is 20.0 Å².